The number of nitrogens with two attached hydrogens (primary N) is 1. The van der Waals surface area contributed by atoms with Gasteiger partial charge in [0.1, 0.15) is 5.75 Å². The van der Waals surface area contributed by atoms with Crippen molar-refractivity contribution in [3.63, 3.8) is 0 Å². The molecule has 1 amide bonds. The molecule has 1 aliphatic heterocycles. The Kier molecular flexibility index (Phi) is 5.06. The SMILES string of the molecule is COC(C)(C(=O)C1CNCc2ccc(C(N)=O)cc2O1)c1ccccc1. The largest absolute Gasteiger partial charge is 0.481 e. The highest BCUT2D eigenvalue weighted by atomic mass is 16.5. The maximum Gasteiger partial charge on any atom is 0.248 e. The van der Waals surface area contributed by atoms with E-state index in [0.717, 1.165) is 11.1 Å². The highest BCUT2D eigenvalue weighted by molar-refractivity contribution is 5.94. The van der Waals surface area contributed by atoms with E-state index in [1.807, 2.05) is 30.3 Å². The van der Waals surface area contributed by atoms with E-state index < -0.39 is 17.6 Å². The second-order valence-electron chi connectivity index (χ2n) is 6.39. The minimum absolute atomic E-state index is 0.198. The zero-order chi connectivity index (χ0) is 18.7. The number of benzene rings is 2. The maximum absolute atomic E-state index is 13.3. The summed E-state index contributed by atoms with van der Waals surface area (Å²) < 4.78 is 11.6. The first kappa shape index (κ1) is 18.1. The smallest absolute Gasteiger partial charge is 0.248 e. The van der Waals surface area contributed by atoms with Gasteiger partial charge in [-0.05, 0) is 24.6 Å². The molecule has 2 atom stereocenters. The van der Waals surface area contributed by atoms with E-state index in [2.05, 4.69) is 5.32 Å². The zero-order valence-corrected chi connectivity index (χ0v) is 14.8. The number of methoxy groups -OCH3 is 1. The molecule has 1 aliphatic rings. The number of hydrogen-bond acceptors (Lipinski definition) is 5. The molecular weight excluding hydrogens is 332 g/mol. The van der Waals surface area contributed by atoms with Crippen LogP contribution in [-0.4, -0.2) is 31.4 Å². The fraction of sp³-hybridized carbons (Fsp3) is 0.300. The molecule has 26 heavy (non-hydrogen) atoms. The molecule has 0 aliphatic carbocycles. The molecule has 136 valence electrons. The quantitative estimate of drug-likeness (QED) is 0.854. The van der Waals surface area contributed by atoms with Gasteiger partial charge in [-0.25, -0.2) is 0 Å². The Morgan fingerprint density at radius 1 is 1.23 bits per heavy atom. The monoisotopic (exact) mass is 354 g/mol. The van der Waals surface area contributed by atoms with Crippen LogP contribution in [0.25, 0.3) is 0 Å². The summed E-state index contributed by atoms with van der Waals surface area (Å²) in [7, 11) is 1.51. The number of carbonyl (C=O) groups is 2. The van der Waals surface area contributed by atoms with Crippen molar-refractivity contribution in [2.45, 2.75) is 25.2 Å². The van der Waals surface area contributed by atoms with Crippen molar-refractivity contribution in [2.24, 2.45) is 5.73 Å². The van der Waals surface area contributed by atoms with E-state index >= 15 is 0 Å². The van der Waals surface area contributed by atoms with Crippen LogP contribution in [0, 0.1) is 0 Å². The van der Waals surface area contributed by atoms with Gasteiger partial charge in [0.25, 0.3) is 0 Å². The fourth-order valence-electron chi connectivity index (χ4n) is 3.07. The topological polar surface area (TPSA) is 90.6 Å². The van der Waals surface area contributed by atoms with Crippen molar-refractivity contribution >= 4 is 11.7 Å². The molecular formula is C20H22N2O4. The predicted octanol–water partition coefficient (Wildman–Crippen LogP) is 1.77. The van der Waals surface area contributed by atoms with Gasteiger partial charge in [-0.3, -0.25) is 9.59 Å². The number of hydrogen-bond donors (Lipinski definition) is 2. The summed E-state index contributed by atoms with van der Waals surface area (Å²) in [4.78, 5) is 24.7. The highest BCUT2D eigenvalue weighted by Crippen LogP contribution is 2.30. The molecule has 0 saturated carbocycles. The summed E-state index contributed by atoms with van der Waals surface area (Å²) in [5, 5.41) is 3.21. The van der Waals surface area contributed by atoms with Gasteiger partial charge in [0.2, 0.25) is 11.7 Å². The number of carbonyl (C=O) groups excluding carboxylic acids is 2. The summed E-state index contributed by atoms with van der Waals surface area (Å²) in [6.45, 7) is 2.61. The van der Waals surface area contributed by atoms with Crippen LogP contribution in [0.15, 0.2) is 48.5 Å². The molecule has 0 bridgehead atoms. The van der Waals surface area contributed by atoms with Gasteiger partial charge < -0.3 is 20.5 Å². The number of amides is 1. The van der Waals surface area contributed by atoms with Crippen molar-refractivity contribution in [1.82, 2.24) is 5.32 Å². The third kappa shape index (κ3) is 3.34. The van der Waals surface area contributed by atoms with Crippen molar-refractivity contribution in [3.8, 4) is 5.75 Å². The lowest BCUT2D eigenvalue weighted by molar-refractivity contribution is -0.147. The lowest BCUT2D eigenvalue weighted by atomic mass is 9.88. The molecule has 0 fully saturated rings. The number of rotatable bonds is 5. The number of primary amides is 1. The first-order valence-electron chi connectivity index (χ1n) is 8.41. The van der Waals surface area contributed by atoms with Crippen molar-refractivity contribution in [1.29, 1.82) is 0 Å². The second-order valence-corrected chi connectivity index (χ2v) is 6.39. The molecule has 2 unspecified atom stereocenters. The summed E-state index contributed by atoms with van der Waals surface area (Å²) in [5.41, 5.74) is 6.17. The van der Waals surface area contributed by atoms with E-state index in [-0.39, 0.29) is 5.78 Å². The van der Waals surface area contributed by atoms with Crippen molar-refractivity contribution < 1.29 is 19.1 Å². The molecule has 2 aromatic carbocycles. The van der Waals surface area contributed by atoms with Crippen LogP contribution >= 0.6 is 0 Å². The summed E-state index contributed by atoms with van der Waals surface area (Å²) >= 11 is 0. The van der Waals surface area contributed by atoms with Crippen LogP contribution in [0.2, 0.25) is 0 Å². The molecule has 1 heterocycles. The van der Waals surface area contributed by atoms with Gasteiger partial charge in [-0.15, -0.1) is 0 Å². The average molecular weight is 354 g/mol. The van der Waals surface area contributed by atoms with E-state index in [0.29, 0.717) is 24.4 Å². The maximum atomic E-state index is 13.3. The molecule has 0 saturated heterocycles. The summed E-state index contributed by atoms with van der Waals surface area (Å²) in [6.07, 6.45) is -0.760. The fourth-order valence-corrected chi connectivity index (χ4v) is 3.07. The number of nitrogens with one attached hydrogen (secondary N) is 1. The average Bonchev–Trinajstić information content (AvgIpc) is 2.89. The van der Waals surface area contributed by atoms with Crippen molar-refractivity contribution in [3.05, 3.63) is 65.2 Å². The third-order valence-corrected chi connectivity index (χ3v) is 4.76. The van der Waals surface area contributed by atoms with Crippen LogP contribution in [0.5, 0.6) is 5.75 Å². The molecule has 2 aromatic rings. The molecule has 0 aromatic heterocycles. The lowest BCUT2D eigenvalue weighted by Gasteiger charge is -2.30. The Morgan fingerprint density at radius 3 is 2.62 bits per heavy atom. The highest BCUT2D eigenvalue weighted by Gasteiger charge is 2.41. The lowest BCUT2D eigenvalue weighted by Crippen LogP contribution is -2.47. The second kappa shape index (κ2) is 7.27. The summed E-state index contributed by atoms with van der Waals surface area (Å²) in [5.74, 6) is -0.255. The number of ether oxygens (including phenoxy) is 2. The van der Waals surface area contributed by atoms with E-state index in [1.54, 1.807) is 25.1 Å². The van der Waals surface area contributed by atoms with E-state index in [4.69, 9.17) is 15.2 Å². The van der Waals surface area contributed by atoms with Gasteiger partial charge in [-0.2, -0.15) is 0 Å². The Labute approximate surface area is 152 Å². The Morgan fingerprint density at radius 2 is 1.96 bits per heavy atom. The van der Waals surface area contributed by atoms with E-state index in [1.165, 1.54) is 7.11 Å². The molecule has 3 N–H and O–H groups in total. The molecule has 6 nitrogen and oxygen atoms in total. The number of fused-ring (bicyclic) bond motifs is 1. The molecule has 6 heteroatoms. The van der Waals surface area contributed by atoms with Crippen LogP contribution in [0.4, 0.5) is 0 Å². The first-order valence-corrected chi connectivity index (χ1v) is 8.41. The zero-order valence-electron chi connectivity index (χ0n) is 14.8. The van der Waals surface area contributed by atoms with Gasteiger partial charge in [0.15, 0.2) is 11.7 Å². The van der Waals surface area contributed by atoms with Crippen LogP contribution in [0.3, 0.4) is 0 Å². The predicted molar refractivity (Wildman–Crippen MR) is 96.9 cm³/mol. The minimum Gasteiger partial charge on any atom is -0.481 e. The van der Waals surface area contributed by atoms with Crippen LogP contribution in [0.1, 0.15) is 28.4 Å². The first-order chi connectivity index (χ1) is 12.5. The number of ketones is 1. The van der Waals surface area contributed by atoms with Gasteiger partial charge in [-0.1, -0.05) is 36.4 Å². The standard InChI is InChI=1S/C20H22N2O4/c1-20(25-2,15-6-4-3-5-7-15)18(23)17-12-22-11-14-9-8-13(19(21)24)10-16(14)26-17/h3-10,17,22H,11-12H2,1-2H3,(H2,21,24). The molecule has 0 radical (unpaired) electrons. The molecule has 3 rings (SSSR count). The minimum atomic E-state index is -1.14. The Hall–Kier alpha value is -2.70. The Bertz CT molecular complexity index is 822. The van der Waals surface area contributed by atoms with Gasteiger partial charge in [0, 0.05) is 31.3 Å². The third-order valence-electron chi connectivity index (χ3n) is 4.76. The van der Waals surface area contributed by atoms with Crippen LogP contribution in [-0.2, 0) is 21.7 Å². The van der Waals surface area contributed by atoms with Crippen LogP contribution < -0.4 is 15.8 Å². The normalized spacial score (nSPS) is 18.8. The van der Waals surface area contributed by atoms with Gasteiger partial charge in [0.05, 0.1) is 0 Å². The number of Topliss-reactive ketones (excluding diaryl/α,β-unsaturated/α-hetero) is 1. The van der Waals surface area contributed by atoms with Gasteiger partial charge >= 0.3 is 0 Å². The van der Waals surface area contributed by atoms with E-state index in [9.17, 15) is 9.59 Å². The van der Waals surface area contributed by atoms with Crippen molar-refractivity contribution in [2.75, 3.05) is 13.7 Å². The summed E-state index contributed by atoms with van der Waals surface area (Å²) in [6, 6.07) is 14.3. The molecule has 0 spiro atoms. The Balaban J connectivity index is 1.92.